The topological polar surface area (TPSA) is 74.7 Å². The summed E-state index contributed by atoms with van der Waals surface area (Å²) in [7, 11) is -2.35. The number of rotatable bonds is 5. The van der Waals surface area contributed by atoms with Gasteiger partial charge in [-0.25, -0.2) is 12.7 Å². The van der Waals surface area contributed by atoms with Crippen LogP contribution in [0.3, 0.4) is 0 Å². The van der Waals surface area contributed by atoms with Gasteiger partial charge in [0.25, 0.3) is 0 Å². The standard InChI is InChI=1S/C11H13Br2NO4S/c1-7(11(15)16)6-14(2)19(17,18)10-4-3-8(12)5-9(10)13/h3-5,7H,6H2,1-2H3,(H,15,16). The predicted octanol–water partition coefficient (Wildman–Crippen LogP) is 2.55. The molecule has 19 heavy (non-hydrogen) atoms. The number of carboxylic acids is 1. The molecule has 0 aromatic heterocycles. The van der Waals surface area contributed by atoms with Gasteiger partial charge in [-0.1, -0.05) is 22.9 Å². The average molecular weight is 415 g/mol. The first-order chi connectivity index (χ1) is 8.66. The van der Waals surface area contributed by atoms with Crippen molar-refractivity contribution < 1.29 is 18.3 Å². The SMILES string of the molecule is CC(CN(C)S(=O)(=O)c1ccc(Br)cc1Br)C(=O)O. The zero-order chi connectivity index (χ0) is 14.8. The zero-order valence-electron chi connectivity index (χ0n) is 10.3. The van der Waals surface area contributed by atoms with Crippen molar-refractivity contribution in [1.82, 2.24) is 4.31 Å². The van der Waals surface area contributed by atoms with Crippen molar-refractivity contribution in [1.29, 1.82) is 0 Å². The summed E-state index contributed by atoms with van der Waals surface area (Å²) >= 11 is 6.44. The van der Waals surface area contributed by atoms with Crippen LogP contribution in [-0.4, -0.2) is 37.4 Å². The van der Waals surface area contributed by atoms with Gasteiger partial charge in [0, 0.05) is 22.5 Å². The van der Waals surface area contributed by atoms with Gasteiger partial charge < -0.3 is 5.11 Å². The van der Waals surface area contributed by atoms with E-state index in [1.54, 1.807) is 12.1 Å². The smallest absolute Gasteiger partial charge is 0.307 e. The van der Waals surface area contributed by atoms with E-state index in [0.29, 0.717) is 4.47 Å². The van der Waals surface area contributed by atoms with Crippen molar-refractivity contribution in [2.24, 2.45) is 5.92 Å². The molecular formula is C11H13Br2NO4S. The molecule has 5 nitrogen and oxygen atoms in total. The Bertz CT molecular complexity index is 588. The molecule has 1 unspecified atom stereocenters. The summed E-state index contributed by atoms with van der Waals surface area (Å²) in [6, 6.07) is 4.71. The highest BCUT2D eigenvalue weighted by molar-refractivity contribution is 9.11. The lowest BCUT2D eigenvalue weighted by atomic mass is 10.2. The van der Waals surface area contributed by atoms with Gasteiger partial charge in [0.2, 0.25) is 10.0 Å². The van der Waals surface area contributed by atoms with Crippen molar-refractivity contribution in [3.8, 4) is 0 Å². The second-order valence-corrected chi connectivity index (χ2v) is 7.88. The minimum Gasteiger partial charge on any atom is -0.481 e. The van der Waals surface area contributed by atoms with Crippen LogP contribution in [0.5, 0.6) is 0 Å². The van der Waals surface area contributed by atoms with Crippen LogP contribution in [0.25, 0.3) is 0 Å². The highest BCUT2D eigenvalue weighted by Gasteiger charge is 2.26. The predicted molar refractivity (Wildman–Crippen MR) is 78.5 cm³/mol. The number of carbonyl (C=O) groups is 1. The maximum absolute atomic E-state index is 12.3. The van der Waals surface area contributed by atoms with Crippen molar-refractivity contribution >= 4 is 47.9 Å². The fourth-order valence-electron chi connectivity index (χ4n) is 1.41. The Labute approximate surface area is 128 Å². The lowest BCUT2D eigenvalue weighted by molar-refractivity contribution is -0.141. The van der Waals surface area contributed by atoms with Gasteiger partial charge in [-0.3, -0.25) is 4.79 Å². The highest BCUT2D eigenvalue weighted by Crippen LogP contribution is 2.27. The molecule has 8 heteroatoms. The second kappa shape index (κ2) is 6.34. The number of hydrogen-bond donors (Lipinski definition) is 1. The number of sulfonamides is 1. The van der Waals surface area contributed by atoms with E-state index >= 15 is 0 Å². The quantitative estimate of drug-likeness (QED) is 0.803. The number of carboxylic acid groups (broad SMARTS) is 1. The van der Waals surface area contributed by atoms with Gasteiger partial charge in [-0.05, 0) is 34.1 Å². The Hall–Kier alpha value is -0.440. The summed E-state index contributed by atoms with van der Waals surface area (Å²) in [4.78, 5) is 10.9. The summed E-state index contributed by atoms with van der Waals surface area (Å²) in [6.45, 7) is 1.38. The van der Waals surface area contributed by atoms with Crippen molar-refractivity contribution in [2.45, 2.75) is 11.8 Å². The van der Waals surface area contributed by atoms with Crippen molar-refractivity contribution in [3.05, 3.63) is 27.1 Å². The molecule has 1 rings (SSSR count). The third-order valence-corrected chi connectivity index (χ3v) is 5.83. The van der Waals surface area contributed by atoms with Gasteiger partial charge in [0.1, 0.15) is 0 Å². The first-order valence-electron chi connectivity index (χ1n) is 5.30. The fourth-order valence-corrected chi connectivity index (χ4v) is 4.38. The van der Waals surface area contributed by atoms with E-state index in [2.05, 4.69) is 31.9 Å². The highest BCUT2D eigenvalue weighted by atomic mass is 79.9. The van der Waals surface area contributed by atoms with E-state index < -0.39 is 21.9 Å². The molecule has 0 fully saturated rings. The minimum atomic E-state index is -3.71. The van der Waals surface area contributed by atoms with E-state index in [4.69, 9.17) is 5.11 Å². The molecule has 1 N–H and O–H groups in total. The minimum absolute atomic E-state index is 0.0832. The molecule has 1 atom stereocenters. The van der Waals surface area contributed by atoms with E-state index in [0.717, 1.165) is 8.78 Å². The Morgan fingerprint density at radius 3 is 2.47 bits per heavy atom. The summed E-state index contributed by atoms with van der Waals surface area (Å²) < 4.78 is 26.8. The van der Waals surface area contributed by atoms with Gasteiger partial charge in [0.05, 0.1) is 10.8 Å². The van der Waals surface area contributed by atoms with Gasteiger partial charge in [-0.15, -0.1) is 0 Å². The molecule has 1 aromatic carbocycles. The van der Waals surface area contributed by atoms with E-state index in [-0.39, 0.29) is 11.4 Å². The third kappa shape index (κ3) is 4.01. The van der Waals surface area contributed by atoms with Crippen LogP contribution >= 0.6 is 31.9 Å². The molecule has 1 aromatic rings. The van der Waals surface area contributed by atoms with Gasteiger partial charge >= 0.3 is 5.97 Å². The Morgan fingerprint density at radius 1 is 1.42 bits per heavy atom. The second-order valence-electron chi connectivity index (χ2n) is 4.10. The zero-order valence-corrected chi connectivity index (χ0v) is 14.3. The van der Waals surface area contributed by atoms with Crippen molar-refractivity contribution in [2.75, 3.05) is 13.6 Å². The molecule has 106 valence electrons. The van der Waals surface area contributed by atoms with E-state index in [1.165, 1.54) is 20.0 Å². The molecule has 0 saturated carbocycles. The average Bonchev–Trinajstić information content (AvgIpc) is 2.27. The van der Waals surface area contributed by atoms with Crippen LogP contribution in [0, 0.1) is 5.92 Å². The number of hydrogen-bond acceptors (Lipinski definition) is 3. The lowest BCUT2D eigenvalue weighted by Gasteiger charge is -2.20. The van der Waals surface area contributed by atoms with Gasteiger partial charge in [0.15, 0.2) is 0 Å². The summed E-state index contributed by atoms with van der Waals surface area (Å²) in [5, 5.41) is 8.82. The molecule has 0 heterocycles. The number of benzene rings is 1. The largest absolute Gasteiger partial charge is 0.481 e. The third-order valence-electron chi connectivity index (χ3n) is 2.53. The Morgan fingerprint density at radius 2 is 2.00 bits per heavy atom. The van der Waals surface area contributed by atoms with Crippen LogP contribution in [-0.2, 0) is 14.8 Å². The first-order valence-corrected chi connectivity index (χ1v) is 8.33. The van der Waals surface area contributed by atoms with Crippen LogP contribution in [0.15, 0.2) is 32.0 Å². The van der Waals surface area contributed by atoms with Crippen LogP contribution in [0.1, 0.15) is 6.92 Å². The molecule has 0 spiro atoms. The monoisotopic (exact) mass is 413 g/mol. The summed E-state index contributed by atoms with van der Waals surface area (Å²) in [5.74, 6) is -1.80. The summed E-state index contributed by atoms with van der Waals surface area (Å²) in [6.07, 6.45) is 0. The Kier molecular flexibility index (Phi) is 5.54. The number of aliphatic carboxylic acids is 1. The van der Waals surface area contributed by atoms with Crippen LogP contribution < -0.4 is 0 Å². The maximum Gasteiger partial charge on any atom is 0.307 e. The number of nitrogens with zero attached hydrogens (tertiary/aromatic N) is 1. The van der Waals surface area contributed by atoms with E-state index in [9.17, 15) is 13.2 Å². The summed E-state index contributed by atoms with van der Waals surface area (Å²) in [5.41, 5.74) is 0. The molecule has 0 aliphatic rings. The lowest BCUT2D eigenvalue weighted by Crippen LogP contribution is -2.33. The first kappa shape index (κ1) is 16.6. The molecular weight excluding hydrogens is 402 g/mol. The maximum atomic E-state index is 12.3. The van der Waals surface area contributed by atoms with Crippen LogP contribution in [0.2, 0.25) is 0 Å². The molecule has 0 aliphatic carbocycles. The number of halogens is 2. The molecule has 0 aliphatic heterocycles. The molecule has 0 amide bonds. The Balaban J connectivity index is 3.06. The van der Waals surface area contributed by atoms with Gasteiger partial charge in [-0.2, -0.15) is 0 Å². The molecule has 0 radical (unpaired) electrons. The normalized spacial score (nSPS) is 13.5. The van der Waals surface area contributed by atoms with E-state index in [1.807, 2.05) is 0 Å². The fraction of sp³-hybridized carbons (Fsp3) is 0.364. The molecule has 0 saturated heterocycles. The van der Waals surface area contributed by atoms with Crippen LogP contribution in [0.4, 0.5) is 0 Å². The molecule has 0 bridgehead atoms. The van der Waals surface area contributed by atoms with Crippen molar-refractivity contribution in [3.63, 3.8) is 0 Å².